The van der Waals surface area contributed by atoms with Crippen LogP contribution in [0.15, 0.2) is 28.5 Å². The summed E-state index contributed by atoms with van der Waals surface area (Å²) >= 11 is 3.73. The van der Waals surface area contributed by atoms with Crippen molar-refractivity contribution < 1.29 is 24.7 Å². The van der Waals surface area contributed by atoms with Gasteiger partial charge in [-0.05, 0) is 53.4 Å². The average molecular weight is 394 g/mol. The molecule has 5 nitrogen and oxygen atoms in total. The van der Waals surface area contributed by atoms with E-state index >= 15 is 0 Å². The van der Waals surface area contributed by atoms with Gasteiger partial charge in [-0.15, -0.1) is 11.3 Å². The summed E-state index contributed by atoms with van der Waals surface area (Å²) in [6.45, 7) is 7.02. The zero-order valence-corrected chi connectivity index (χ0v) is 16.8. The third kappa shape index (κ3) is 5.27. The fourth-order valence-corrected chi connectivity index (χ4v) is 4.64. The molecule has 0 aliphatic carbocycles. The predicted octanol–water partition coefficient (Wildman–Crippen LogP) is 1.36. The molecule has 0 spiro atoms. The molecule has 0 bridgehead atoms. The maximum Gasteiger partial charge on any atom is 0.351 e. The van der Waals surface area contributed by atoms with Crippen LogP contribution in [-0.4, -0.2) is 37.2 Å². The SMILES string of the molecule is Cc1cc(C(=C2CC[NH+](C)CC2)c2ccsc2)c(C)s1.O=C([O-])C(=O)O. The minimum Gasteiger partial charge on any atom is -0.539 e. The Kier molecular flexibility index (Phi) is 7.14. The van der Waals surface area contributed by atoms with Crippen LogP contribution in [0.1, 0.15) is 33.7 Å². The molecule has 3 rings (SSSR count). The highest BCUT2D eigenvalue weighted by atomic mass is 32.1. The van der Waals surface area contributed by atoms with E-state index in [0.717, 1.165) is 0 Å². The molecule has 0 aromatic carbocycles. The molecule has 1 fully saturated rings. The fraction of sp³-hybridized carbons (Fsp3) is 0.368. The van der Waals surface area contributed by atoms with Crippen LogP contribution >= 0.6 is 22.7 Å². The molecule has 3 heterocycles. The lowest BCUT2D eigenvalue weighted by atomic mass is 9.90. The lowest BCUT2D eigenvalue weighted by Crippen LogP contribution is -3.09. The second-order valence-electron chi connectivity index (χ2n) is 6.37. The summed E-state index contributed by atoms with van der Waals surface area (Å²) in [6, 6.07) is 4.66. The number of aryl methyl sites for hydroxylation is 2. The van der Waals surface area contributed by atoms with Crippen molar-refractivity contribution in [3.8, 4) is 0 Å². The van der Waals surface area contributed by atoms with Gasteiger partial charge in [0.05, 0.1) is 20.1 Å². The number of hydrogen-bond acceptors (Lipinski definition) is 5. The Morgan fingerprint density at radius 1 is 1.23 bits per heavy atom. The maximum absolute atomic E-state index is 9.04. The topological polar surface area (TPSA) is 81.9 Å². The number of thiophene rings is 2. The summed E-state index contributed by atoms with van der Waals surface area (Å²) in [5, 5.41) is 20.8. The average Bonchev–Trinajstić information content (AvgIpc) is 3.21. The lowest BCUT2D eigenvalue weighted by Gasteiger charge is -2.24. The number of hydrogen-bond donors (Lipinski definition) is 2. The van der Waals surface area contributed by atoms with E-state index in [2.05, 4.69) is 43.8 Å². The molecule has 1 saturated heterocycles. The standard InChI is InChI=1S/C17H21NS2.C2H2O4/c1-12-10-16(13(2)20-12)17(15-6-9-19-11-15)14-4-7-18(3)8-5-14;3-1(4)2(5)6/h6,9-11H,4-5,7-8H2,1-3H3;(H,3,4)(H,5,6). The quantitative estimate of drug-likeness (QED) is 0.755. The Bertz CT molecular complexity index is 784. The summed E-state index contributed by atoms with van der Waals surface area (Å²) in [4.78, 5) is 22.6. The Morgan fingerprint density at radius 3 is 2.27 bits per heavy atom. The van der Waals surface area contributed by atoms with Crippen LogP contribution in [0.4, 0.5) is 0 Å². The molecule has 0 atom stereocenters. The molecule has 0 unspecified atom stereocenters. The van der Waals surface area contributed by atoms with Crippen LogP contribution in [-0.2, 0) is 9.59 Å². The van der Waals surface area contributed by atoms with E-state index in [1.807, 2.05) is 11.3 Å². The Hall–Kier alpha value is -1.96. The normalized spacial score (nSPS) is 16.6. The molecular weight excluding hydrogens is 370 g/mol. The highest BCUT2D eigenvalue weighted by molar-refractivity contribution is 7.12. The number of likely N-dealkylation sites (tertiary alicyclic amines) is 1. The number of piperidine rings is 1. The van der Waals surface area contributed by atoms with Crippen molar-refractivity contribution in [2.45, 2.75) is 26.7 Å². The minimum atomic E-state index is -2.07. The van der Waals surface area contributed by atoms with Crippen molar-refractivity contribution in [2.75, 3.05) is 20.1 Å². The van der Waals surface area contributed by atoms with Crippen LogP contribution in [0.2, 0.25) is 0 Å². The van der Waals surface area contributed by atoms with Gasteiger partial charge in [-0.3, -0.25) is 0 Å². The van der Waals surface area contributed by atoms with Gasteiger partial charge in [-0.2, -0.15) is 11.3 Å². The smallest absolute Gasteiger partial charge is 0.351 e. The predicted molar refractivity (Wildman–Crippen MR) is 103 cm³/mol. The second kappa shape index (κ2) is 9.12. The first-order chi connectivity index (χ1) is 12.3. The number of rotatable bonds is 2. The molecule has 0 saturated carbocycles. The molecule has 140 valence electrons. The van der Waals surface area contributed by atoms with E-state index in [1.54, 1.807) is 21.8 Å². The number of carbonyl (C=O) groups is 2. The summed E-state index contributed by atoms with van der Waals surface area (Å²) in [7, 11) is 2.31. The third-order valence-corrected chi connectivity index (χ3v) is 6.00. The Balaban J connectivity index is 0.000000352. The van der Waals surface area contributed by atoms with Gasteiger partial charge in [-0.1, -0.05) is 5.57 Å². The van der Waals surface area contributed by atoms with Gasteiger partial charge in [0.2, 0.25) is 0 Å². The van der Waals surface area contributed by atoms with Crippen LogP contribution in [0.5, 0.6) is 0 Å². The molecular formula is C19H23NO4S2. The van der Waals surface area contributed by atoms with Crippen molar-refractivity contribution >= 4 is 40.2 Å². The first-order valence-electron chi connectivity index (χ1n) is 8.37. The van der Waals surface area contributed by atoms with E-state index in [4.69, 9.17) is 19.8 Å². The van der Waals surface area contributed by atoms with E-state index in [9.17, 15) is 0 Å². The molecule has 0 radical (unpaired) electrons. The zero-order chi connectivity index (χ0) is 19.3. The number of carboxylic acids is 2. The van der Waals surface area contributed by atoms with Gasteiger partial charge in [0.15, 0.2) is 5.97 Å². The first kappa shape index (κ1) is 20.4. The summed E-state index contributed by atoms with van der Waals surface area (Å²) in [6.07, 6.45) is 2.48. The third-order valence-electron chi connectivity index (χ3n) is 4.36. The van der Waals surface area contributed by atoms with Crippen molar-refractivity contribution in [3.63, 3.8) is 0 Å². The second-order valence-corrected chi connectivity index (χ2v) is 8.61. The van der Waals surface area contributed by atoms with E-state index in [1.165, 1.54) is 52.4 Å². The molecule has 2 aromatic heterocycles. The molecule has 2 aromatic rings. The number of aliphatic carboxylic acids is 2. The largest absolute Gasteiger partial charge is 0.539 e. The van der Waals surface area contributed by atoms with Crippen LogP contribution in [0.25, 0.3) is 5.57 Å². The van der Waals surface area contributed by atoms with Crippen molar-refractivity contribution in [3.05, 3.63) is 49.3 Å². The van der Waals surface area contributed by atoms with Crippen LogP contribution in [0.3, 0.4) is 0 Å². The van der Waals surface area contributed by atoms with Gasteiger partial charge in [-0.25, -0.2) is 4.79 Å². The highest BCUT2D eigenvalue weighted by Crippen LogP contribution is 2.36. The highest BCUT2D eigenvalue weighted by Gasteiger charge is 2.21. The van der Waals surface area contributed by atoms with Gasteiger partial charge < -0.3 is 19.9 Å². The van der Waals surface area contributed by atoms with Crippen LogP contribution in [0, 0.1) is 13.8 Å². The molecule has 0 amide bonds. The fourth-order valence-electron chi connectivity index (χ4n) is 3.06. The van der Waals surface area contributed by atoms with Crippen LogP contribution < -0.4 is 10.0 Å². The molecule has 7 heteroatoms. The maximum atomic E-state index is 9.04. The molecule has 1 aliphatic heterocycles. The van der Waals surface area contributed by atoms with Gasteiger partial charge in [0, 0.05) is 22.6 Å². The van der Waals surface area contributed by atoms with E-state index in [-0.39, 0.29) is 0 Å². The molecule has 26 heavy (non-hydrogen) atoms. The van der Waals surface area contributed by atoms with Crippen molar-refractivity contribution in [2.24, 2.45) is 0 Å². The van der Waals surface area contributed by atoms with Crippen molar-refractivity contribution in [1.82, 2.24) is 0 Å². The van der Waals surface area contributed by atoms with Gasteiger partial charge in [0.1, 0.15) is 0 Å². The molecule has 2 N–H and O–H groups in total. The summed E-state index contributed by atoms with van der Waals surface area (Å²) in [5.74, 6) is -4.01. The Morgan fingerprint density at radius 2 is 1.85 bits per heavy atom. The summed E-state index contributed by atoms with van der Waals surface area (Å²) < 4.78 is 0. The molecule has 1 aliphatic rings. The number of carbonyl (C=O) groups excluding carboxylic acids is 1. The lowest BCUT2D eigenvalue weighted by molar-refractivity contribution is -0.882. The monoisotopic (exact) mass is 393 g/mol. The number of carboxylic acid groups (broad SMARTS) is 2. The van der Waals surface area contributed by atoms with Gasteiger partial charge >= 0.3 is 5.97 Å². The number of quaternary nitrogens is 1. The summed E-state index contributed by atoms with van der Waals surface area (Å²) in [5.41, 5.74) is 6.08. The van der Waals surface area contributed by atoms with E-state index < -0.39 is 11.9 Å². The first-order valence-corrected chi connectivity index (χ1v) is 10.1. The zero-order valence-electron chi connectivity index (χ0n) is 15.1. The van der Waals surface area contributed by atoms with Crippen molar-refractivity contribution in [1.29, 1.82) is 0 Å². The number of nitrogens with one attached hydrogen (secondary N) is 1. The minimum absolute atomic E-state index is 1.24. The Labute approximate surface area is 161 Å². The van der Waals surface area contributed by atoms with Gasteiger partial charge in [0.25, 0.3) is 0 Å². The van der Waals surface area contributed by atoms with E-state index in [0.29, 0.717) is 0 Å².